The highest BCUT2D eigenvalue weighted by Crippen LogP contribution is 2.18. The minimum atomic E-state index is 0.829. The Labute approximate surface area is 95.3 Å². The first-order valence-corrected chi connectivity index (χ1v) is 6.74. The van der Waals surface area contributed by atoms with Gasteiger partial charge in [-0.3, -0.25) is 0 Å². The first-order valence-electron chi connectivity index (χ1n) is 5.93. The summed E-state index contributed by atoms with van der Waals surface area (Å²) >= 11 is 1.78. The van der Waals surface area contributed by atoms with Crippen LogP contribution < -0.4 is 5.32 Å². The van der Waals surface area contributed by atoms with E-state index in [0.29, 0.717) is 0 Å². The van der Waals surface area contributed by atoms with Gasteiger partial charge in [0.15, 0.2) is 0 Å². The quantitative estimate of drug-likeness (QED) is 0.723. The van der Waals surface area contributed by atoms with Gasteiger partial charge in [0, 0.05) is 18.9 Å². The van der Waals surface area contributed by atoms with Crippen molar-refractivity contribution < 1.29 is 0 Å². The van der Waals surface area contributed by atoms with Gasteiger partial charge < -0.3 is 5.32 Å². The highest BCUT2D eigenvalue weighted by atomic mass is 32.1. The number of aromatic nitrogens is 2. The molecular weight excluding hydrogens is 206 g/mol. The molecule has 1 N–H and O–H groups in total. The summed E-state index contributed by atoms with van der Waals surface area (Å²) in [7, 11) is 0. The molecular formula is C11H19N3S. The molecule has 1 aliphatic rings. The molecule has 84 valence electrons. The second-order valence-electron chi connectivity index (χ2n) is 4.17. The first kappa shape index (κ1) is 11.0. The number of hydrogen-bond acceptors (Lipinski definition) is 4. The molecule has 3 nitrogen and oxygen atoms in total. The van der Waals surface area contributed by atoms with Gasteiger partial charge in [-0.2, -0.15) is 0 Å². The predicted octanol–water partition coefficient (Wildman–Crippen LogP) is 2.18. The summed E-state index contributed by atoms with van der Waals surface area (Å²) in [4.78, 5) is 0. The van der Waals surface area contributed by atoms with E-state index in [1.54, 1.807) is 11.3 Å². The Morgan fingerprint density at radius 1 is 1.27 bits per heavy atom. The van der Waals surface area contributed by atoms with Gasteiger partial charge in [-0.25, -0.2) is 0 Å². The Hall–Kier alpha value is -0.480. The van der Waals surface area contributed by atoms with Crippen LogP contribution in [0, 0.1) is 0 Å². The lowest BCUT2D eigenvalue weighted by molar-refractivity contribution is 0.642. The fraction of sp³-hybridized carbons (Fsp3) is 0.818. The van der Waals surface area contributed by atoms with E-state index in [-0.39, 0.29) is 0 Å². The lowest BCUT2D eigenvalue weighted by Crippen LogP contribution is -2.17. The first-order chi connectivity index (χ1) is 7.38. The van der Waals surface area contributed by atoms with Gasteiger partial charge in [0.1, 0.15) is 10.0 Å². The fourth-order valence-electron chi connectivity index (χ4n) is 1.54. The van der Waals surface area contributed by atoms with Crippen LogP contribution in [0.5, 0.6) is 0 Å². The molecule has 0 unspecified atom stereocenters. The van der Waals surface area contributed by atoms with Crippen LogP contribution in [-0.4, -0.2) is 22.8 Å². The average Bonchev–Trinajstić information content (AvgIpc) is 2.95. The zero-order valence-corrected chi connectivity index (χ0v) is 10.1. The lowest BCUT2D eigenvalue weighted by atomic mass is 10.3. The molecule has 1 heterocycles. The number of nitrogens with zero attached hydrogens (tertiary/aromatic N) is 2. The predicted molar refractivity (Wildman–Crippen MR) is 63.2 cm³/mol. The van der Waals surface area contributed by atoms with Crippen LogP contribution in [0.2, 0.25) is 0 Å². The van der Waals surface area contributed by atoms with Crippen LogP contribution in [-0.2, 0) is 12.8 Å². The van der Waals surface area contributed by atoms with Gasteiger partial charge in [-0.15, -0.1) is 21.5 Å². The zero-order chi connectivity index (χ0) is 10.5. The van der Waals surface area contributed by atoms with E-state index in [2.05, 4.69) is 22.4 Å². The third-order valence-corrected chi connectivity index (χ3v) is 3.59. The maximum Gasteiger partial charge on any atom is 0.117 e. The van der Waals surface area contributed by atoms with Crippen molar-refractivity contribution in [1.82, 2.24) is 15.5 Å². The molecule has 0 bridgehead atoms. The maximum atomic E-state index is 4.21. The van der Waals surface area contributed by atoms with Crippen molar-refractivity contribution in [1.29, 1.82) is 0 Å². The van der Waals surface area contributed by atoms with E-state index >= 15 is 0 Å². The second kappa shape index (κ2) is 5.56. The van der Waals surface area contributed by atoms with Crippen molar-refractivity contribution in [3.63, 3.8) is 0 Å². The molecule has 1 aromatic heterocycles. The summed E-state index contributed by atoms with van der Waals surface area (Å²) in [5.41, 5.74) is 0. The minimum absolute atomic E-state index is 0.829. The van der Waals surface area contributed by atoms with Gasteiger partial charge in [-0.05, 0) is 32.2 Å². The molecule has 0 aromatic carbocycles. The smallest absolute Gasteiger partial charge is 0.117 e. The molecule has 1 fully saturated rings. The Bertz CT molecular complexity index is 294. The highest BCUT2D eigenvalue weighted by molar-refractivity contribution is 7.11. The van der Waals surface area contributed by atoms with E-state index in [1.165, 1.54) is 29.3 Å². The van der Waals surface area contributed by atoms with Gasteiger partial charge in [-0.1, -0.05) is 6.92 Å². The van der Waals surface area contributed by atoms with E-state index in [0.717, 1.165) is 31.8 Å². The molecule has 0 aliphatic heterocycles. The SMILES string of the molecule is CCCc1nnc(CCCNC2CC2)s1. The zero-order valence-electron chi connectivity index (χ0n) is 9.33. The van der Waals surface area contributed by atoms with Crippen molar-refractivity contribution in [2.24, 2.45) is 0 Å². The van der Waals surface area contributed by atoms with Gasteiger partial charge in [0.25, 0.3) is 0 Å². The Kier molecular flexibility index (Phi) is 4.09. The topological polar surface area (TPSA) is 37.8 Å². The maximum absolute atomic E-state index is 4.21. The second-order valence-corrected chi connectivity index (χ2v) is 5.32. The fourth-order valence-corrected chi connectivity index (χ4v) is 2.53. The Morgan fingerprint density at radius 2 is 2.00 bits per heavy atom. The molecule has 1 aromatic rings. The van der Waals surface area contributed by atoms with Crippen molar-refractivity contribution in [3.8, 4) is 0 Å². The van der Waals surface area contributed by atoms with Crippen LogP contribution in [0.1, 0.15) is 42.6 Å². The Morgan fingerprint density at radius 3 is 2.67 bits per heavy atom. The summed E-state index contributed by atoms with van der Waals surface area (Å²) in [5.74, 6) is 0. The normalized spacial score (nSPS) is 15.8. The van der Waals surface area contributed by atoms with E-state index in [9.17, 15) is 0 Å². The summed E-state index contributed by atoms with van der Waals surface area (Å²) in [6.07, 6.45) is 7.27. The van der Waals surface area contributed by atoms with Crippen LogP contribution in [0.4, 0.5) is 0 Å². The van der Waals surface area contributed by atoms with E-state index in [4.69, 9.17) is 0 Å². The van der Waals surface area contributed by atoms with Crippen LogP contribution in [0.3, 0.4) is 0 Å². The molecule has 1 aliphatic carbocycles. The molecule has 0 saturated heterocycles. The highest BCUT2D eigenvalue weighted by Gasteiger charge is 2.19. The van der Waals surface area contributed by atoms with Gasteiger partial charge in [0.2, 0.25) is 0 Å². The third-order valence-electron chi connectivity index (χ3n) is 2.55. The van der Waals surface area contributed by atoms with Gasteiger partial charge >= 0.3 is 0 Å². The lowest BCUT2D eigenvalue weighted by Gasteiger charge is -1.99. The largest absolute Gasteiger partial charge is 0.314 e. The number of rotatable bonds is 7. The summed E-state index contributed by atoms with van der Waals surface area (Å²) in [6, 6.07) is 0.829. The van der Waals surface area contributed by atoms with Crippen LogP contribution >= 0.6 is 11.3 Å². The molecule has 0 atom stereocenters. The summed E-state index contributed by atoms with van der Waals surface area (Å²) in [6.45, 7) is 3.31. The third kappa shape index (κ3) is 3.87. The minimum Gasteiger partial charge on any atom is -0.314 e. The molecule has 0 radical (unpaired) electrons. The molecule has 0 amide bonds. The molecule has 4 heteroatoms. The summed E-state index contributed by atoms with van der Waals surface area (Å²) in [5, 5.41) is 14.3. The van der Waals surface area contributed by atoms with E-state index in [1.807, 2.05) is 0 Å². The van der Waals surface area contributed by atoms with Crippen molar-refractivity contribution in [2.45, 2.75) is 51.5 Å². The van der Waals surface area contributed by atoms with E-state index < -0.39 is 0 Å². The Balaban J connectivity index is 1.63. The van der Waals surface area contributed by atoms with Crippen molar-refractivity contribution in [2.75, 3.05) is 6.54 Å². The van der Waals surface area contributed by atoms with Crippen LogP contribution in [0.25, 0.3) is 0 Å². The van der Waals surface area contributed by atoms with Crippen LogP contribution in [0.15, 0.2) is 0 Å². The standard InChI is InChI=1S/C11H19N3S/c1-2-4-10-13-14-11(15-10)5-3-8-12-9-6-7-9/h9,12H,2-8H2,1H3. The van der Waals surface area contributed by atoms with Crippen molar-refractivity contribution >= 4 is 11.3 Å². The number of aryl methyl sites for hydroxylation is 2. The molecule has 15 heavy (non-hydrogen) atoms. The molecule has 0 spiro atoms. The van der Waals surface area contributed by atoms with Gasteiger partial charge in [0.05, 0.1) is 0 Å². The monoisotopic (exact) mass is 225 g/mol. The summed E-state index contributed by atoms with van der Waals surface area (Å²) < 4.78 is 0. The molecule has 2 rings (SSSR count). The number of nitrogens with one attached hydrogen (secondary N) is 1. The average molecular weight is 225 g/mol. The molecule has 1 saturated carbocycles. The van der Waals surface area contributed by atoms with Crippen molar-refractivity contribution in [3.05, 3.63) is 10.0 Å². The number of hydrogen-bond donors (Lipinski definition) is 1.